The summed E-state index contributed by atoms with van der Waals surface area (Å²) in [5.41, 5.74) is 4.77. The van der Waals surface area contributed by atoms with Crippen LogP contribution in [0.2, 0.25) is 0 Å². The second-order valence-corrected chi connectivity index (χ2v) is 6.70. The van der Waals surface area contributed by atoms with Gasteiger partial charge in [0.25, 0.3) is 5.97 Å². The van der Waals surface area contributed by atoms with Gasteiger partial charge in [-0.25, -0.2) is 0 Å². The summed E-state index contributed by atoms with van der Waals surface area (Å²) >= 11 is 0. The van der Waals surface area contributed by atoms with E-state index in [0.29, 0.717) is 5.75 Å². The molecule has 0 aliphatic heterocycles. The Bertz CT molecular complexity index is 1120. The molecule has 4 aromatic carbocycles. The van der Waals surface area contributed by atoms with E-state index in [4.69, 9.17) is 9.90 Å². The van der Waals surface area contributed by atoms with Crippen molar-refractivity contribution >= 4 is 27.5 Å². The molecule has 0 unspecified atom stereocenters. The molecule has 136 valence electrons. The Hall–Kier alpha value is -3.33. The van der Waals surface area contributed by atoms with Gasteiger partial charge in [-0.15, -0.1) is 0 Å². The number of carboxylic acids is 1. The fraction of sp³-hybridized carbons (Fsp3) is 0.125. The van der Waals surface area contributed by atoms with Gasteiger partial charge in [0.05, 0.1) is 0 Å². The highest BCUT2D eigenvalue weighted by Crippen LogP contribution is 2.42. The summed E-state index contributed by atoms with van der Waals surface area (Å²) in [5, 5.41) is 22.2. The van der Waals surface area contributed by atoms with Crippen molar-refractivity contribution in [2.45, 2.75) is 20.8 Å². The van der Waals surface area contributed by atoms with E-state index >= 15 is 0 Å². The van der Waals surface area contributed by atoms with Crippen LogP contribution in [-0.4, -0.2) is 16.2 Å². The summed E-state index contributed by atoms with van der Waals surface area (Å²) in [7, 11) is 0. The first-order chi connectivity index (χ1) is 12.9. The number of carbonyl (C=O) groups is 1. The van der Waals surface area contributed by atoms with Crippen molar-refractivity contribution in [3.05, 3.63) is 77.9 Å². The van der Waals surface area contributed by atoms with E-state index in [-0.39, 0.29) is 0 Å². The first-order valence-electron chi connectivity index (χ1n) is 8.79. The van der Waals surface area contributed by atoms with Gasteiger partial charge in [0.1, 0.15) is 5.75 Å². The molecule has 0 fully saturated rings. The molecule has 0 atom stereocenters. The second-order valence-electron chi connectivity index (χ2n) is 6.70. The zero-order valence-corrected chi connectivity index (χ0v) is 15.7. The van der Waals surface area contributed by atoms with Crippen LogP contribution in [0.3, 0.4) is 0 Å². The van der Waals surface area contributed by atoms with Gasteiger partial charge in [0.15, 0.2) is 0 Å². The van der Waals surface area contributed by atoms with Crippen molar-refractivity contribution in [3.8, 4) is 16.9 Å². The Kier molecular flexibility index (Phi) is 5.13. The lowest BCUT2D eigenvalue weighted by atomic mass is 9.90. The number of aliphatic carboxylic acids is 1. The van der Waals surface area contributed by atoms with Gasteiger partial charge in [0, 0.05) is 17.7 Å². The van der Waals surface area contributed by atoms with Crippen LogP contribution in [-0.2, 0) is 4.79 Å². The standard InChI is InChI=1S/C22H18O.C2H4O2/c1-14-7-10-16(11-8-14)21-17-5-3-4-6-19(17)22(23)20-13-15(2)9-12-18(20)21;1-2(3)4/h3-13,23H,1-2H3;1H3,(H,3,4). The Morgan fingerprint density at radius 1 is 0.741 bits per heavy atom. The van der Waals surface area contributed by atoms with Crippen molar-refractivity contribution in [1.82, 2.24) is 0 Å². The lowest BCUT2D eigenvalue weighted by Gasteiger charge is -2.15. The molecule has 0 radical (unpaired) electrons. The third-order valence-electron chi connectivity index (χ3n) is 4.49. The minimum absolute atomic E-state index is 0.371. The number of aryl methyl sites for hydroxylation is 2. The van der Waals surface area contributed by atoms with E-state index in [1.165, 1.54) is 16.7 Å². The molecule has 0 amide bonds. The van der Waals surface area contributed by atoms with Crippen LogP contribution in [0, 0.1) is 13.8 Å². The van der Waals surface area contributed by atoms with Gasteiger partial charge < -0.3 is 10.2 Å². The summed E-state index contributed by atoms with van der Waals surface area (Å²) in [6, 6.07) is 23.0. The molecule has 3 heteroatoms. The monoisotopic (exact) mass is 358 g/mol. The maximum atomic E-state index is 10.8. The predicted molar refractivity (Wildman–Crippen MR) is 111 cm³/mol. The van der Waals surface area contributed by atoms with Crippen molar-refractivity contribution in [1.29, 1.82) is 0 Å². The average Bonchev–Trinajstić information content (AvgIpc) is 2.63. The largest absolute Gasteiger partial charge is 0.507 e. The normalized spacial score (nSPS) is 10.5. The van der Waals surface area contributed by atoms with Crippen LogP contribution in [0.4, 0.5) is 0 Å². The van der Waals surface area contributed by atoms with Crippen LogP contribution >= 0.6 is 0 Å². The molecule has 0 aromatic heterocycles. The highest BCUT2D eigenvalue weighted by atomic mass is 16.4. The minimum atomic E-state index is -0.833. The quantitative estimate of drug-likeness (QED) is 0.406. The predicted octanol–water partition coefficient (Wildman–Crippen LogP) is 6.07. The maximum Gasteiger partial charge on any atom is 0.300 e. The highest BCUT2D eigenvalue weighted by molar-refractivity contribution is 6.16. The minimum Gasteiger partial charge on any atom is -0.507 e. The third kappa shape index (κ3) is 3.77. The van der Waals surface area contributed by atoms with Crippen LogP contribution in [0.5, 0.6) is 5.75 Å². The SMILES string of the molecule is CC(=O)O.Cc1ccc(-c2c3ccccc3c(O)c3cc(C)ccc23)cc1. The van der Waals surface area contributed by atoms with Crippen molar-refractivity contribution in [2.75, 3.05) is 0 Å². The van der Waals surface area contributed by atoms with Gasteiger partial charge >= 0.3 is 0 Å². The molecule has 0 spiro atoms. The molecule has 0 bridgehead atoms. The van der Waals surface area contributed by atoms with Gasteiger partial charge in [-0.1, -0.05) is 71.8 Å². The van der Waals surface area contributed by atoms with Gasteiger partial charge in [-0.05, 0) is 41.8 Å². The van der Waals surface area contributed by atoms with E-state index in [0.717, 1.165) is 34.0 Å². The number of carboxylic acid groups (broad SMARTS) is 1. The van der Waals surface area contributed by atoms with Crippen LogP contribution in [0.15, 0.2) is 66.7 Å². The number of phenolic OH excluding ortho intramolecular Hbond substituents is 1. The summed E-state index contributed by atoms with van der Waals surface area (Å²) in [6.07, 6.45) is 0. The molecular formula is C24H22O3. The molecule has 27 heavy (non-hydrogen) atoms. The number of hydrogen-bond donors (Lipinski definition) is 2. The lowest BCUT2D eigenvalue weighted by molar-refractivity contribution is -0.134. The Labute approximate surface area is 158 Å². The van der Waals surface area contributed by atoms with Gasteiger partial charge in [0.2, 0.25) is 0 Å². The van der Waals surface area contributed by atoms with Gasteiger partial charge in [-0.2, -0.15) is 0 Å². The van der Waals surface area contributed by atoms with Gasteiger partial charge in [-0.3, -0.25) is 4.79 Å². The smallest absolute Gasteiger partial charge is 0.300 e. The molecule has 0 saturated carbocycles. The zero-order valence-electron chi connectivity index (χ0n) is 15.7. The van der Waals surface area contributed by atoms with Crippen LogP contribution in [0.25, 0.3) is 32.7 Å². The Morgan fingerprint density at radius 3 is 1.89 bits per heavy atom. The van der Waals surface area contributed by atoms with Crippen molar-refractivity contribution in [3.63, 3.8) is 0 Å². The number of benzene rings is 4. The van der Waals surface area contributed by atoms with Crippen molar-refractivity contribution < 1.29 is 15.0 Å². The second kappa shape index (κ2) is 7.50. The molecule has 0 heterocycles. The first-order valence-corrected chi connectivity index (χ1v) is 8.79. The van der Waals surface area contributed by atoms with E-state index in [1.807, 2.05) is 18.2 Å². The third-order valence-corrected chi connectivity index (χ3v) is 4.49. The topological polar surface area (TPSA) is 57.5 Å². The van der Waals surface area contributed by atoms with E-state index in [2.05, 4.69) is 62.4 Å². The van der Waals surface area contributed by atoms with E-state index in [9.17, 15) is 5.11 Å². The summed E-state index contributed by atoms with van der Waals surface area (Å²) < 4.78 is 0. The molecule has 4 aromatic rings. The molecule has 0 aliphatic carbocycles. The van der Waals surface area contributed by atoms with Crippen LogP contribution in [0.1, 0.15) is 18.1 Å². The molecular weight excluding hydrogens is 336 g/mol. The molecule has 4 rings (SSSR count). The molecule has 0 saturated heterocycles. The molecule has 3 nitrogen and oxygen atoms in total. The number of aromatic hydroxyl groups is 1. The number of hydrogen-bond acceptors (Lipinski definition) is 2. The highest BCUT2D eigenvalue weighted by Gasteiger charge is 2.14. The zero-order chi connectivity index (χ0) is 19.6. The molecule has 2 N–H and O–H groups in total. The maximum absolute atomic E-state index is 10.8. The number of fused-ring (bicyclic) bond motifs is 2. The summed E-state index contributed by atoms with van der Waals surface area (Å²) in [4.78, 5) is 9.00. The lowest BCUT2D eigenvalue weighted by Crippen LogP contribution is -1.88. The van der Waals surface area contributed by atoms with E-state index in [1.54, 1.807) is 0 Å². The Balaban J connectivity index is 0.000000481. The fourth-order valence-corrected chi connectivity index (χ4v) is 3.30. The summed E-state index contributed by atoms with van der Waals surface area (Å²) in [6.45, 7) is 5.24. The average molecular weight is 358 g/mol. The summed E-state index contributed by atoms with van der Waals surface area (Å²) in [5.74, 6) is -0.463. The molecule has 0 aliphatic rings. The number of phenols is 1. The Morgan fingerprint density at radius 2 is 1.26 bits per heavy atom. The van der Waals surface area contributed by atoms with E-state index < -0.39 is 5.97 Å². The first kappa shape index (κ1) is 18.5. The van der Waals surface area contributed by atoms with Crippen LogP contribution < -0.4 is 0 Å². The fourth-order valence-electron chi connectivity index (χ4n) is 3.30. The van der Waals surface area contributed by atoms with Crippen molar-refractivity contribution in [2.24, 2.45) is 0 Å². The number of rotatable bonds is 1.